The highest BCUT2D eigenvalue weighted by atomic mass is 32.1. The molecular weight excluding hydrogens is 417 g/mol. The quantitative estimate of drug-likeness (QED) is 0.505. The third-order valence-electron chi connectivity index (χ3n) is 5.70. The van der Waals surface area contributed by atoms with E-state index in [2.05, 4.69) is 0 Å². The van der Waals surface area contributed by atoms with Gasteiger partial charge in [-0.3, -0.25) is 9.59 Å². The zero-order valence-corrected chi connectivity index (χ0v) is 18.8. The van der Waals surface area contributed by atoms with Crippen LogP contribution in [0.4, 0.5) is 4.39 Å². The highest BCUT2D eigenvalue weighted by Gasteiger charge is 2.30. The second-order valence-corrected chi connectivity index (χ2v) is 9.15. The fourth-order valence-corrected chi connectivity index (χ4v) is 4.97. The molecule has 0 radical (unpaired) electrons. The molecule has 0 saturated carbocycles. The summed E-state index contributed by atoms with van der Waals surface area (Å²) in [6, 6.07) is 8.56. The molecule has 7 heteroatoms. The molecule has 1 atom stereocenters. The Bertz CT molecular complexity index is 955. The lowest BCUT2D eigenvalue weighted by atomic mass is 10.0. The van der Waals surface area contributed by atoms with Crippen LogP contribution in [0.1, 0.15) is 57.8 Å². The van der Waals surface area contributed by atoms with Crippen LogP contribution >= 0.6 is 11.3 Å². The van der Waals surface area contributed by atoms with E-state index in [1.807, 2.05) is 11.0 Å². The number of rotatable bonds is 10. The van der Waals surface area contributed by atoms with Gasteiger partial charge in [0.2, 0.25) is 5.91 Å². The first-order valence-corrected chi connectivity index (χ1v) is 11.4. The number of aryl methyl sites for hydroxylation is 2. The molecule has 3 rings (SSSR count). The maximum absolute atomic E-state index is 13.4. The molecule has 0 spiro atoms. The second kappa shape index (κ2) is 10.7. The molecule has 2 aromatic rings. The lowest BCUT2D eigenvalue weighted by Gasteiger charge is -2.24. The van der Waals surface area contributed by atoms with E-state index in [4.69, 9.17) is 4.74 Å². The summed E-state index contributed by atoms with van der Waals surface area (Å²) in [5.74, 6) is -0.334. The molecule has 2 heterocycles. The van der Waals surface area contributed by atoms with Crippen molar-refractivity contribution in [1.29, 1.82) is 0 Å². The third kappa shape index (κ3) is 6.23. The first-order chi connectivity index (χ1) is 14.9. The third-order valence-corrected chi connectivity index (χ3v) is 6.83. The highest BCUT2D eigenvalue weighted by Crippen LogP contribution is 2.25. The number of benzene rings is 1. The summed E-state index contributed by atoms with van der Waals surface area (Å²) in [6.07, 6.45) is 4.29. The summed E-state index contributed by atoms with van der Waals surface area (Å²) in [7, 11) is 1.37. The lowest BCUT2D eigenvalue weighted by Crippen LogP contribution is -2.34. The average Bonchev–Trinajstić information content (AvgIpc) is 3.36. The summed E-state index contributed by atoms with van der Waals surface area (Å²) in [6.45, 7) is 2.35. The van der Waals surface area contributed by atoms with E-state index >= 15 is 0 Å². The SMILES string of the molecule is COC(=O)c1ccc(CCCN2C(=O)CC[C@@H]2CCC(=O)Cc2ccc(F)c(C)c2)s1. The van der Waals surface area contributed by atoms with Crippen molar-refractivity contribution < 1.29 is 23.5 Å². The number of esters is 1. The number of ether oxygens (including phenoxy) is 1. The van der Waals surface area contributed by atoms with Crippen LogP contribution in [0.5, 0.6) is 0 Å². The molecule has 1 aromatic carbocycles. The number of ketones is 1. The smallest absolute Gasteiger partial charge is 0.348 e. The first kappa shape index (κ1) is 23.1. The molecular formula is C24H28FNO4S. The van der Waals surface area contributed by atoms with Gasteiger partial charge in [-0.25, -0.2) is 9.18 Å². The Morgan fingerprint density at radius 2 is 2.06 bits per heavy atom. The summed E-state index contributed by atoms with van der Waals surface area (Å²) in [5, 5.41) is 0. The Labute approximate surface area is 186 Å². The van der Waals surface area contributed by atoms with E-state index < -0.39 is 0 Å². The fraction of sp³-hybridized carbons (Fsp3) is 0.458. The number of nitrogens with zero attached hydrogens (tertiary/aromatic N) is 1. The largest absolute Gasteiger partial charge is 0.465 e. The number of Topliss-reactive ketones (excluding diaryl/α,β-unsaturated/α-hetero) is 1. The maximum atomic E-state index is 13.4. The van der Waals surface area contributed by atoms with Gasteiger partial charge in [0.15, 0.2) is 0 Å². The number of hydrogen-bond donors (Lipinski definition) is 0. The lowest BCUT2D eigenvalue weighted by molar-refractivity contribution is -0.129. The Morgan fingerprint density at radius 3 is 2.81 bits per heavy atom. The summed E-state index contributed by atoms with van der Waals surface area (Å²) >= 11 is 1.42. The molecule has 5 nitrogen and oxygen atoms in total. The summed E-state index contributed by atoms with van der Waals surface area (Å²) in [5.41, 5.74) is 1.37. The van der Waals surface area contributed by atoms with E-state index in [9.17, 15) is 18.8 Å². The Balaban J connectivity index is 1.45. The van der Waals surface area contributed by atoms with E-state index in [0.717, 1.165) is 29.7 Å². The molecule has 0 bridgehead atoms. The van der Waals surface area contributed by atoms with Crippen LogP contribution in [0.25, 0.3) is 0 Å². The van der Waals surface area contributed by atoms with E-state index in [1.165, 1.54) is 24.5 Å². The van der Waals surface area contributed by atoms with Gasteiger partial charge in [0.25, 0.3) is 0 Å². The molecule has 0 N–H and O–H groups in total. The second-order valence-electron chi connectivity index (χ2n) is 7.98. The Kier molecular flexibility index (Phi) is 7.96. The molecule has 31 heavy (non-hydrogen) atoms. The number of thiophene rings is 1. The van der Waals surface area contributed by atoms with Crippen molar-refractivity contribution in [2.45, 2.75) is 57.9 Å². The topological polar surface area (TPSA) is 63.7 Å². The van der Waals surface area contributed by atoms with Crippen LogP contribution in [0.3, 0.4) is 0 Å². The molecule has 1 aromatic heterocycles. The van der Waals surface area contributed by atoms with Crippen LogP contribution in [-0.4, -0.2) is 42.3 Å². The van der Waals surface area contributed by atoms with Crippen molar-refractivity contribution in [3.8, 4) is 0 Å². The van der Waals surface area contributed by atoms with Gasteiger partial charge in [0.05, 0.1) is 7.11 Å². The zero-order chi connectivity index (χ0) is 22.4. The van der Waals surface area contributed by atoms with Crippen LogP contribution in [0.2, 0.25) is 0 Å². The van der Waals surface area contributed by atoms with Gasteiger partial charge in [-0.1, -0.05) is 12.1 Å². The van der Waals surface area contributed by atoms with Crippen molar-refractivity contribution in [3.63, 3.8) is 0 Å². The molecule has 1 saturated heterocycles. The predicted molar refractivity (Wildman–Crippen MR) is 118 cm³/mol. The van der Waals surface area contributed by atoms with Gasteiger partial charge >= 0.3 is 5.97 Å². The predicted octanol–water partition coefficient (Wildman–Crippen LogP) is 4.50. The molecule has 1 aliphatic heterocycles. The highest BCUT2D eigenvalue weighted by molar-refractivity contribution is 7.13. The minimum atomic E-state index is -0.327. The number of carbonyl (C=O) groups is 3. The van der Waals surface area contributed by atoms with Crippen molar-refractivity contribution >= 4 is 29.0 Å². The molecule has 1 fully saturated rings. The molecule has 1 aliphatic rings. The van der Waals surface area contributed by atoms with E-state index in [0.29, 0.717) is 42.7 Å². The van der Waals surface area contributed by atoms with Gasteiger partial charge in [0.1, 0.15) is 16.5 Å². The normalized spacial score (nSPS) is 16.0. The molecule has 166 valence electrons. The van der Waals surface area contributed by atoms with Crippen LogP contribution in [-0.2, 0) is 27.2 Å². The van der Waals surface area contributed by atoms with Crippen molar-refractivity contribution in [3.05, 3.63) is 57.0 Å². The van der Waals surface area contributed by atoms with Gasteiger partial charge in [-0.2, -0.15) is 0 Å². The fourth-order valence-electron chi connectivity index (χ4n) is 4.01. The monoisotopic (exact) mass is 445 g/mol. The van der Waals surface area contributed by atoms with Gasteiger partial charge < -0.3 is 9.64 Å². The minimum Gasteiger partial charge on any atom is -0.465 e. The van der Waals surface area contributed by atoms with Crippen molar-refractivity contribution in [2.75, 3.05) is 13.7 Å². The first-order valence-electron chi connectivity index (χ1n) is 10.6. The van der Waals surface area contributed by atoms with Crippen LogP contribution in [0, 0.1) is 12.7 Å². The standard InChI is InChI=1S/C24H28FNO4S/c1-16-14-17(5-10-21(16)25)15-19(27)8-6-18-7-12-23(28)26(18)13-3-4-20-9-11-22(31-20)24(29)30-2/h5,9-11,14,18H,3-4,6-8,12-13,15H2,1-2H3/t18-/m0/s1. The Morgan fingerprint density at radius 1 is 1.26 bits per heavy atom. The van der Waals surface area contributed by atoms with Crippen LogP contribution in [0.15, 0.2) is 30.3 Å². The molecule has 0 aliphatic carbocycles. The number of amides is 1. The minimum absolute atomic E-state index is 0.0976. The van der Waals surface area contributed by atoms with Gasteiger partial charge in [-0.15, -0.1) is 11.3 Å². The molecule has 0 unspecified atom stereocenters. The Hall–Kier alpha value is -2.54. The summed E-state index contributed by atoms with van der Waals surface area (Å²) in [4.78, 5) is 39.9. The number of likely N-dealkylation sites (tertiary alicyclic amines) is 1. The number of halogens is 1. The molecule has 1 amide bonds. The van der Waals surface area contributed by atoms with Gasteiger partial charge in [-0.05, 0) is 61.9 Å². The van der Waals surface area contributed by atoms with Crippen molar-refractivity contribution in [1.82, 2.24) is 4.90 Å². The number of methoxy groups -OCH3 is 1. The maximum Gasteiger partial charge on any atom is 0.348 e. The van der Waals surface area contributed by atoms with E-state index in [-0.39, 0.29) is 29.5 Å². The van der Waals surface area contributed by atoms with E-state index in [1.54, 1.807) is 25.1 Å². The van der Waals surface area contributed by atoms with Crippen molar-refractivity contribution in [2.24, 2.45) is 0 Å². The van der Waals surface area contributed by atoms with Gasteiger partial charge in [0, 0.05) is 36.7 Å². The zero-order valence-electron chi connectivity index (χ0n) is 18.0. The van der Waals surface area contributed by atoms with Crippen LogP contribution < -0.4 is 0 Å². The number of carbonyl (C=O) groups excluding carboxylic acids is 3. The average molecular weight is 446 g/mol. The number of hydrogen-bond acceptors (Lipinski definition) is 5. The summed E-state index contributed by atoms with van der Waals surface area (Å²) < 4.78 is 18.1.